The molecule has 38 heavy (non-hydrogen) atoms. The van der Waals surface area contributed by atoms with Gasteiger partial charge in [0.05, 0.1) is 12.0 Å². The lowest BCUT2D eigenvalue weighted by molar-refractivity contribution is -0.127. The van der Waals surface area contributed by atoms with Crippen molar-refractivity contribution in [3.63, 3.8) is 0 Å². The van der Waals surface area contributed by atoms with E-state index in [1.54, 1.807) is 36.4 Å². The fraction of sp³-hybridized carbons (Fsp3) is 0.207. The predicted octanol–water partition coefficient (Wildman–Crippen LogP) is 6.53. The first kappa shape index (κ1) is 27.3. The molecule has 1 fully saturated rings. The molecular formula is C29H27ClN2O5S. The van der Waals surface area contributed by atoms with Gasteiger partial charge < -0.3 is 14.8 Å². The van der Waals surface area contributed by atoms with Crippen molar-refractivity contribution in [1.82, 2.24) is 4.90 Å². The van der Waals surface area contributed by atoms with Gasteiger partial charge in [-0.3, -0.25) is 19.3 Å². The molecule has 1 saturated heterocycles. The highest BCUT2D eigenvalue weighted by Crippen LogP contribution is 2.35. The topological polar surface area (TPSA) is 84.9 Å². The Morgan fingerprint density at radius 3 is 2.34 bits per heavy atom. The monoisotopic (exact) mass is 550 g/mol. The second-order valence-electron chi connectivity index (χ2n) is 8.92. The molecule has 1 aliphatic heterocycles. The van der Waals surface area contributed by atoms with Crippen LogP contribution >= 0.6 is 23.4 Å². The molecule has 0 saturated carbocycles. The fourth-order valence-electron chi connectivity index (χ4n) is 4.12. The van der Waals surface area contributed by atoms with Crippen LogP contribution in [0.1, 0.15) is 27.8 Å². The third-order valence-electron chi connectivity index (χ3n) is 5.91. The van der Waals surface area contributed by atoms with E-state index in [9.17, 15) is 14.4 Å². The van der Waals surface area contributed by atoms with E-state index in [0.717, 1.165) is 38.9 Å². The van der Waals surface area contributed by atoms with Crippen LogP contribution in [0, 0.1) is 20.8 Å². The van der Waals surface area contributed by atoms with Gasteiger partial charge in [-0.1, -0.05) is 47.5 Å². The number of halogens is 1. The number of rotatable bonds is 8. The largest absolute Gasteiger partial charge is 0.493 e. The number of aryl methyl sites for hydroxylation is 3. The Bertz CT molecular complexity index is 1410. The van der Waals surface area contributed by atoms with Gasteiger partial charge in [0.2, 0.25) is 5.91 Å². The van der Waals surface area contributed by atoms with Crippen LogP contribution in [-0.4, -0.2) is 35.6 Å². The number of benzene rings is 3. The Morgan fingerprint density at radius 1 is 1.00 bits per heavy atom. The lowest BCUT2D eigenvalue weighted by Crippen LogP contribution is -2.36. The van der Waals surface area contributed by atoms with Gasteiger partial charge in [0.15, 0.2) is 11.5 Å². The van der Waals surface area contributed by atoms with Crippen LogP contribution in [0.3, 0.4) is 0 Å². The minimum atomic E-state index is -0.519. The molecule has 1 aliphatic rings. The average Bonchev–Trinajstić information content (AvgIpc) is 3.13. The molecule has 0 spiro atoms. The molecular weight excluding hydrogens is 524 g/mol. The first-order valence-electron chi connectivity index (χ1n) is 11.8. The Labute approximate surface area is 230 Å². The quantitative estimate of drug-likeness (QED) is 0.321. The van der Waals surface area contributed by atoms with Crippen molar-refractivity contribution >= 4 is 52.2 Å². The van der Waals surface area contributed by atoms with E-state index >= 15 is 0 Å². The summed E-state index contributed by atoms with van der Waals surface area (Å²) in [6.07, 6.45) is 1.60. The second-order valence-corrected chi connectivity index (χ2v) is 10.3. The van der Waals surface area contributed by atoms with E-state index in [1.165, 1.54) is 7.11 Å². The highest BCUT2D eigenvalue weighted by Gasteiger charge is 2.36. The molecule has 3 aromatic rings. The lowest BCUT2D eigenvalue weighted by atomic mass is 10.1. The van der Waals surface area contributed by atoms with E-state index in [1.807, 2.05) is 45.0 Å². The maximum Gasteiger partial charge on any atom is 0.294 e. The maximum atomic E-state index is 13.0. The summed E-state index contributed by atoms with van der Waals surface area (Å²) in [4.78, 5) is 39.4. The summed E-state index contributed by atoms with van der Waals surface area (Å²) in [5, 5.41) is 2.99. The summed E-state index contributed by atoms with van der Waals surface area (Å²) in [6, 6.07) is 16.5. The highest BCUT2D eigenvalue weighted by atomic mass is 35.5. The van der Waals surface area contributed by atoms with Crippen LogP contribution in [-0.2, 0) is 16.2 Å². The summed E-state index contributed by atoms with van der Waals surface area (Å²) < 4.78 is 11.3. The Kier molecular flexibility index (Phi) is 8.44. The smallest absolute Gasteiger partial charge is 0.294 e. The number of methoxy groups -OCH3 is 1. The van der Waals surface area contributed by atoms with Crippen LogP contribution in [0.15, 0.2) is 59.5 Å². The van der Waals surface area contributed by atoms with Gasteiger partial charge in [-0.05, 0) is 85.1 Å². The van der Waals surface area contributed by atoms with E-state index in [0.29, 0.717) is 34.4 Å². The normalized spacial score (nSPS) is 14.2. The number of hydrogen-bond acceptors (Lipinski definition) is 6. The molecule has 0 aliphatic carbocycles. The van der Waals surface area contributed by atoms with Crippen molar-refractivity contribution in [2.24, 2.45) is 0 Å². The Balaban J connectivity index is 1.43. The number of carbonyl (C=O) groups is 3. The molecule has 9 heteroatoms. The van der Waals surface area contributed by atoms with E-state index in [2.05, 4.69) is 5.32 Å². The van der Waals surface area contributed by atoms with Crippen molar-refractivity contribution < 1.29 is 23.9 Å². The van der Waals surface area contributed by atoms with Crippen LogP contribution in [0.25, 0.3) is 6.08 Å². The average molecular weight is 551 g/mol. The van der Waals surface area contributed by atoms with Gasteiger partial charge in [-0.25, -0.2) is 0 Å². The number of ether oxygens (including phenoxy) is 2. The zero-order valence-corrected chi connectivity index (χ0v) is 23.0. The first-order valence-corrected chi connectivity index (χ1v) is 13.0. The Hall–Kier alpha value is -3.75. The zero-order chi connectivity index (χ0) is 27.4. The van der Waals surface area contributed by atoms with Crippen molar-refractivity contribution in [2.75, 3.05) is 19.0 Å². The molecule has 3 amide bonds. The Morgan fingerprint density at radius 2 is 1.68 bits per heavy atom. The molecule has 0 atom stereocenters. The zero-order valence-electron chi connectivity index (χ0n) is 21.5. The highest BCUT2D eigenvalue weighted by molar-refractivity contribution is 8.18. The molecule has 0 aromatic heterocycles. The summed E-state index contributed by atoms with van der Waals surface area (Å²) in [6.45, 7) is 5.75. The number of thioether (sulfide) groups is 1. The van der Waals surface area contributed by atoms with Crippen LogP contribution < -0.4 is 14.8 Å². The minimum Gasteiger partial charge on any atom is -0.493 e. The molecule has 0 unspecified atom stereocenters. The maximum absolute atomic E-state index is 13.0. The molecule has 3 aromatic carbocycles. The van der Waals surface area contributed by atoms with Crippen molar-refractivity contribution in [3.8, 4) is 11.5 Å². The minimum absolute atomic E-state index is 0.224. The van der Waals surface area contributed by atoms with Gasteiger partial charge in [0.1, 0.15) is 13.2 Å². The number of carbonyl (C=O) groups excluding carboxylic acids is 3. The number of hydrogen-bond donors (Lipinski definition) is 1. The summed E-state index contributed by atoms with van der Waals surface area (Å²) in [7, 11) is 1.53. The second kappa shape index (κ2) is 11.8. The number of amides is 3. The fourth-order valence-corrected chi connectivity index (χ4v) is 5.09. The first-order chi connectivity index (χ1) is 18.1. The SMILES string of the molecule is COc1cc(/C=C2/SC(=O)N(CC(=O)Nc3c(C)cc(C)cc3C)C2=O)ccc1OCc1ccc(Cl)cc1. The van der Waals surface area contributed by atoms with Crippen molar-refractivity contribution in [3.05, 3.63) is 92.3 Å². The molecule has 196 valence electrons. The van der Waals surface area contributed by atoms with Crippen LogP contribution in [0.4, 0.5) is 10.5 Å². The number of anilines is 1. The third-order valence-corrected chi connectivity index (χ3v) is 7.07. The standard InChI is InChI=1S/C29H27ClN2O5S/c1-17-11-18(2)27(19(3)12-17)31-26(33)15-32-28(34)25(38-29(32)35)14-21-7-10-23(24(13-21)36-4)37-16-20-5-8-22(30)9-6-20/h5-14H,15-16H2,1-4H3,(H,31,33)/b25-14+. The predicted molar refractivity (Wildman–Crippen MR) is 151 cm³/mol. The van der Waals surface area contributed by atoms with Gasteiger partial charge in [-0.2, -0.15) is 0 Å². The lowest BCUT2D eigenvalue weighted by Gasteiger charge is -2.16. The molecule has 1 heterocycles. The molecule has 0 radical (unpaired) electrons. The van der Waals surface area contributed by atoms with E-state index in [4.69, 9.17) is 21.1 Å². The number of nitrogens with one attached hydrogen (secondary N) is 1. The van der Waals surface area contributed by atoms with E-state index < -0.39 is 17.1 Å². The molecule has 0 bridgehead atoms. The molecule has 7 nitrogen and oxygen atoms in total. The summed E-state index contributed by atoms with van der Waals surface area (Å²) in [5.74, 6) is 0.0585. The summed E-state index contributed by atoms with van der Waals surface area (Å²) >= 11 is 6.72. The molecule has 4 rings (SSSR count). The van der Waals surface area contributed by atoms with Gasteiger partial charge >= 0.3 is 0 Å². The molecule has 1 N–H and O–H groups in total. The number of nitrogens with zero attached hydrogens (tertiary/aromatic N) is 1. The number of imide groups is 1. The summed E-state index contributed by atoms with van der Waals surface area (Å²) in [5.41, 5.74) is 5.21. The van der Waals surface area contributed by atoms with E-state index in [-0.39, 0.29) is 11.4 Å². The van der Waals surface area contributed by atoms with Crippen molar-refractivity contribution in [2.45, 2.75) is 27.4 Å². The van der Waals surface area contributed by atoms with Crippen LogP contribution in [0.5, 0.6) is 11.5 Å². The third kappa shape index (κ3) is 6.38. The van der Waals surface area contributed by atoms with Gasteiger partial charge in [-0.15, -0.1) is 0 Å². The van der Waals surface area contributed by atoms with Crippen LogP contribution in [0.2, 0.25) is 5.02 Å². The van der Waals surface area contributed by atoms with Gasteiger partial charge in [0.25, 0.3) is 11.1 Å². The van der Waals surface area contributed by atoms with Crippen molar-refractivity contribution in [1.29, 1.82) is 0 Å². The van der Waals surface area contributed by atoms with Gasteiger partial charge in [0, 0.05) is 10.7 Å².